The van der Waals surface area contributed by atoms with E-state index < -0.39 is 0 Å². The van der Waals surface area contributed by atoms with Gasteiger partial charge in [0.25, 0.3) is 0 Å². The third-order valence-electron chi connectivity index (χ3n) is 0.875. The summed E-state index contributed by atoms with van der Waals surface area (Å²) in [6.07, 6.45) is 4.24. The van der Waals surface area contributed by atoms with Gasteiger partial charge in [-0.2, -0.15) is 0 Å². The lowest BCUT2D eigenvalue weighted by atomic mass is 10.5. The Labute approximate surface area is 44.7 Å². The van der Waals surface area contributed by atoms with Crippen LogP contribution in [0.3, 0.4) is 0 Å². The first-order valence-electron chi connectivity index (χ1n) is 2.78. The van der Waals surface area contributed by atoms with Crippen LogP contribution in [0, 0.1) is 6.42 Å². The van der Waals surface area contributed by atoms with Crippen LogP contribution in [-0.2, 0) is 4.74 Å². The quantitative estimate of drug-likeness (QED) is 0.508. The Morgan fingerprint density at radius 1 is 1.71 bits per heavy atom. The van der Waals surface area contributed by atoms with E-state index in [-0.39, 0.29) is 0 Å². The van der Waals surface area contributed by atoms with Crippen molar-refractivity contribution in [3.05, 3.63) is 6.42 Å². The highest BCUT2D eigenvalue weighted by Crippen LogP contribution is 2.22. The molecule has 1 rings (SSSR count). The van der Waals surface area contributed by atoms with Gasteiger partial charge in [-0.05, 0) is 26.7 Å². The Morgan fingerprint density at radius 2 is 2.29 bits per heavy atom. The van der Waals surface area contributed by atoms with Crippen molar-refractivity contribution in [2.45, 2.75) is 32.5 Å². The number of hydrogen-bond acceptors (Lipinski definition) is 1. The second-order valence-electron chi connectivity index (χ2n) is 2.19. The van der Waals surface area contributed by atoms with Gasteiger partial charge in [0.05, 0.1) is 12.2 Å². The van der Waals surface area contributed by atoms with Gasteiger partial charge in [-0.15, -0.1) is 0 Å². The molecular weight excluding hydrogens is 88.1 g/mol. The van der Waals surface area contributed by atoms with Crippen LogP contribution >= 0.6 is 0 Å². The van der Waals surface area contributed by atoms with Crippen LogP contribution in [-0.4, -0.2) is 12.2 Å². The molecule has 0 aromatic rings. The van der Waals surface area contributed by atoms with E-state index in [1.807, 2.05) is 0 Å². The van der Waals surface area contributed by atoms with Gasteiger partial charge in [-0.3, -0.25) is 0 Å². The summed E-state index contributed by atoms with van der Waals surface area (Å²) in [6, 6.07) is 0. The van der Waals surface area contributed by atoms with Crippen LogP contribution in [0.2, 0.25) is 0 Å². The smallest absolute Gasteiger partial charge is 0.0615 e. The maximum atomic E-state index is 5.31. The molecule has 1 radical (unpaired) electrons. The van der Waals surface area contributed by atoms with E-state index >= 15 is 0 Å². The average Bonchev–Trinajstić information content (AvgIpc) is 2.17. The third kappa shape index (κ3) is 1.93. The van der Waals surface area contributed by atoms with E-state index in [1.54, 1.807) is 0 Å². The van der Waals surface area contributed by atoms with Crippen LogP contribution in [0.1, 0.15) is 20.3 Å². The monoisotopic (exact) mass is 99.1 g/mol. The SMILES string of the molecule is CC(C)OC1[CH]C1. The second-order valence-corrected chi connectivity index (χ2v) is 2.19. The Balaban J connectivity index is 1.97. The molecule has 7 heavy (non-hydrogen) atoms. The van der Waals surface area contributed by atoms with Gasteiger partial charge >= 0.3 is 0 Å². The van der Waals surface area contributed by atoms with Crippen LogP contribution < -0.4 is 0 Å². The van der Waals surface area contributed by atoms with Gasteiger partial charge < -0.3 is 4.74 Å². The molecule has 0 aromatic carbocycles. The molecule has 41 valence electrons. The first-order valence-corrected chi connectivity index (χ1v) is 2.78. The van der Waals surface area contributed by atoms with Gasteiger partial charge in [-0.1, -0.05) is 0 Å². The molecular formula is C6H11O. The fraction of sp³-hybridized carbons (Fsp3) is 0.833. The first kappa shape index (κ1) is 5.10. The first-order chi connectivity index (χ1) is 3.29. The summed E-state index contributed by atoms with van der Waals surface area (Å²) in [5.41, 5.74) is 0. The van der Waals surface area contributed by atoms with Gasteiger partial charge in [0.2, 0.25) is 0 Å². The van der Waals surface area contributed by atoms with E-state index in [4.69, 9.17) is 4.74 Å². The zero-order valence-electron chi connectivity index (χ0n) is 4.85. The molecule has 0 amide bonds. The number of hydrogen-bond donors (Lipinski definition) is 0. The van der Waals surface area contributed by atoms with Crippen molar-refractivity contribution >= 4 is 0 Å². The average molecular weight is 99.2 g/mol. The van der Waals surface area contributed by atoms with Crippen molar-refractivity contribution in [2.24, 2.45) is 0 Å². The molecule has 0 spiro atoms. The fourth-order valence-corrected chi connectivity index (χ4v) is 0.516. The Kier molecular flexibility index (Phi) is 1.33. The van der Waals surface area contributed by atoms with Crippen molar-refractivity contribution in [1.29, 1.82) is 0 Å². The predicted molar refractivity (Wildman–Crippen MR) is 28.9 cm³/mol. The van der Waals surface area contributed by atoms with Crippen LogP contribution in [0.5, 0.6) is 0 Å². The summed E-state index contributed by atoms with van der Waals surface area (Å²) >= 11 is 0. The van der Waals surface area contributed by atoms with Gasteiger partial charge in [0.15, 0.2) is 0 Å². The summed E-state index contributed by atoms with van der Waals surface area (Å²) in [6.45, 7) is 4.12. The molecule has 1 unspecified atom stereocenters. The molecule has 0 saturated heterocycles. The van der Waals surface area contributed by atoms with Crippen LogP contribution in [0.25, 0.3) is 0 Å². The highest BCUT2D eigenvalue weighted by atomic mass is 16.5. The summed E-state index contributed by atoms with van der Waals surface area (Å²) in [5, 5.41) is 0. The van der Waals surface area contributed by atoms with Crippen molar-refractivity contribution in [1.82, 2.24) is 0 Å². The molecule has 1 nitrogen and oxygen atoms in total. The molecule has 1 aliphatic rings. The highest BCUT2D eigenvalue weighted by molar-refractivity contribution is 4.96. The van der Waals surface area contributed by atoms with Gasteiger partial charge in [-0.25, -0.2) is 0 Å². The highest BCUT2D eigenvalue weighted by Gasteiger charge is 2.23. The molecule has 0 heterocycles. The lowest BCUT2D eigenvalue weighted by molar-refractivity contribution is 0.0712. The summed E-state index contributed by atoms with van der Waals surface area (Å²) in [7, 11) is 0. The lowest BCUT2D eigenvalue weighted by Crippen LogP contribution is -2.02. The molecule has 0 aliphatic heterocycles. The minimum absolute atomic E-state index is 0.406. The van der Waals surface area contributed by atoms with E-state index in [9.17, 15) is 0 Å². The molecule has 0 N–H and O–H groups in total. The molecule has 1 aliphatic carbocycles. The van der Waals surface area contributed by atoms with Crippen molar-refractivity contribution < 1.29 is 4.74 Å². The van der Waals surface area contributed by atoms with Gasteiger partial charge in [0, 0.05) is 0 Å². The molecule has 0 bridgehead atoms. The van der Waals surface area contributed by atoms with Gasteiger partial charge in [0.1, 0.15) is 0 Å². The maximum absolute atomic E-state index is 5.31. The van der Waals surface area contributed by atoms with Crippen molar-refractivity contribution in [3.8, 4) is 0 Å². The molecule has 1 heteroatoms. The van der Waals surface area contributed by atoms with E-state index in [0.29, 0.717) is 12.2 Å². The largest absolute Gasteiger partial charge is 0.375 e. The second kappa shape index (κ2) is 1.83. The minimum Gasteiger partial charge on any atom is -0.375 e. The van der Waals surface area contributed by atoms with E-state index in [2.05, 4.69) is 20.3 Å². The minimum atomic E-state index is 0.406. The Bertz CT molecular complexity index is 55.2. The zero-order valence-corrected chi connectivity index (χ0v) is 4.85. The number of rotatable bonds is 2. The lowest BCUT2D eigenvalue weighted by Gasteiger charge is -2.02. The Hall–Kier alpha value is -0.0400. The fourth-order valence-electron chi connectivity index (χ4n) is 0.516. The Morgan fingerprint density at radius 3 is 2.43 bits per heavy atom. The normalized spacial score (nSPS) is 21.0. The predicted octanol–water partition coefficient (Wildman–Crippen LogP) is 1.39. The zero-order chi connectivity index (χ0) is 5.28. The summed E-state index contributed by atoms with van der Waals surface area (Å²) < 4.78 is 5.31. The molecule has 1 fully saturated rings. The number of ether oxygens (including phenoxy) is 1. The standard InChI is InChI=1S/C6H11O/c1-5(2)7-6-3-4-6/h3,5-6H,4H2,1-2H3. The topological polar surface area (TPSA) is 9.23 Å². The van der Waals surface area contributed by atoms with E-state index in [1.165, 1.54) is 0 Å². The molecule has 0 aromatic heterocycles. The van der Waals surface area contributed by atoms with Crippen LogP contribution in [0.15, 0.2) is 0 Å². The van der Waals surface area contributed by atoms with E-state index in [0.717, 1.165) is 6.42 Å². The molecule has 1 saturated carbocycles. The van der Waals surface area contributed by atoms with Crippen molar-refractivity contribution in [2.75, 3.05) is 0 Å². The maximum Gasteiger partial charge on any atom is 0.0615 e. The third-order valence-corrected chi connectivity index (χ3v) is 0.875. The molecule has 1 atom stereocenters. The van der Waals surface area contributed by atoms with Crippen molar-refractivity contribution in [3.63, 3.8) is 0 Å². The summed E-state index contributed by atoms with van der Waals surface area (Å²) in [4.78, 5) is 0. The van der Waals surface area contributed by atoms with Crippen LogP contribution in [0.4, 0.5) is 0 Å². The summed E-state index contributed by atoms with van der Waals surface area (Å²) in [5.74, 6) is 0.